The van der Waals surface area contributed by atoms with Crippen LogP contribution in [0.4, 0.5) is 4.79 Å². The molecular formula is C13H25N3O3. The summed E-state index contributed by atoms with van der Waals surface area (Å²) in [5.74, 6) is -0.289. The van der Waals surface area contributed by atoms with Crippen LogP contribution < -0.4 is 10.6 Å². The maximum Gasteiger partial charge on any atom is 0.321 e. The van der Waals surface area contributed by atoms with E-state index >= 15 is 0 Å². The van der Waals surface area contributed by atoms with E-state index in [4.69, 9.17) is 5.11 Å². The predicted octanol–water partition coefficient (Wildman–Crippen LogP) is 0.458. The van der Waals surface area contributed by atoms with Crippen molar-refractivity contribution < 1.29 is 14.7 Å². The molecule has 0 saturated heterocycles. The molecule has 0 unspecified atom stereocenters. The van der Waals surface area contributed by atoms with Gasteiger partial charge in [0.15, 0.2) is 0 Å². The summed E-state index contributed by atoms with van der Waals surface area (Å²) >= 11 is 0. The standard InChI is InChI=1S/C13H25N3O3/c1-10(2)14-13(19)15-12(18)9-16(7-4-8-17)11-5-3-6-11/h10-11,17H,3-9H2,1-2H3,(H2,14,15,18,19). The van der Waals surface area contributed by atoms with Gasteiger partial charge in [-0.1, -0.05) is 6.42 Å². The first-order chi connectivity index (χ1) is 9.02. The lowest BCUT2D eigenvalue weighted by Gasteiger charge is -2.37. The second-order valence-corrected chi connectivity index (χ2v) is 5.31. The van der Waals surface area contributed by atoms with Crippen LogP contribution in [0.1, 0.15) is 39.5 Å². The van der Waals surface area contributed by atoms with Crippen molar-refractivity contribution in [3.8, 4) is 0 Å². The lowest BCUT2D eigenvalue weighted by Crippen LogP contribution is -2.50. The summed E-state index contributed by atoms with van der Waals surface area (Å²) in [7, 11) is 0. The minimum absolute atomic E-state index is 0.00456. The van der Waals surface area contributed by atoms with E-state index in [-0.39, 0.29) is 25.1 Å². The molecule has 0 spiro atoms. The molecule has 3 N–H and O–H groups in total. The number of urea groups is 1. The lowest BCUT2D eigenvalue weighted by atomic mass is 9.91. The Morgan fingerprint density at radius 3 is 2.53 bits per heavy atom. The molecule has 19 heavy (non-hydrogen) atoms. The van der Waals surface area contributed by atoms with E-state index in [2.05, 4.69) is 15.5 Å². The summed E-state index contributed by atoms with van der Waals surface area (Å²) < 4.78 is 0. The van der Waals surface area contributed by atoms with E-state index in [9.17, 15) is 9.59 Å². The summed E-state index contributed by atoms with van der Waals surface area (Å²) in [5, 5.41) is 13.8. The van der Waals surface area contributed by atoms with Gasteiger partial charge in [0, 0.05) is 25.2 Å². The maximum absolute atomic E-state index is 11.8. The second kappa shape index (κ2) is 8.12. The van der Waals surface area contributed by atoms with Crippen molar-refractivity contribution in [2.24, 2.45) is 0 Å². The topological polar surface area (TPSA) is 81.7 Å². The van der Waals surface area contributed by atoms with Crippen molar-refractivity contribution in [3.63, 3.8) is 0 Å². The zero-order valence-corrected chi connectivity index (χ0v) is 11.8. The molecule has 0 atom stereocenters. The second-order valence-electron chi connectivity index (χ2n) is 5.31. The summed E-state index contributed by atoms with van der Waals surface area (Å²) in [6.45, 7) is 4.72. The average Bonchev–Trinajstić information content (AvgIpc) is 2.21. The summed E-state index contributed by atoms with van der Waals surface area (Å²) in [6, 6.07) is -0.0221. The number of aliphatic hydroxyl groups is 1. The van der Waals surface area contributed by atoms with Crippen LogP contribution in [0.15, 0.2) is 0 Å². The van der Waals surface area contributed by atoms with Crippen LogP contribution >= 0.6 is 0 Å². The van der Waals surface area contributed by atoms with Gasteiger partial charge in [0.25, 0.3) is 0 Å². The molecule has 1 saturated carbocycles. The van der Waals surface area contributed by atoms with Crippen LogP contribution in [0.2, 0.25) is 0 Å². The van der Waals surface area contributed by atoms with E-state index in [0.29, 0.717) is 19.0 Å². The highest BCUT2D eigenvalue weighted by atomic mass is 16.3. The van der Waals surface area contributed by atoms with Crippen LogP contribution in [0.3, 0.4) is 0 Å². The molecule has 0 aromatic carbocycles. The first-order valence-electron chi connectivity index (χ1n) is 6.98. The Labute approximate surface area is 114 Å². The fourth-order valence-corrected chi connectivity index (χ4v) is 2.07. The van der Waals surface area contributed by atoms with E-state index in [1.165, 1.54) is 6.42 Å². The molecule has 0 aromatic rings. The van der Waals surface area contributed by atoms with Gasteiger partial charge in [-0.3, -0.25) is 15.0 Å². The molecule has 6 nitrogen and oxygen atoms in total. The fraction of sp³-hybridized carbons (Fsp3) is 0.846. The molecule has 110 valence electrons. The van der Waals surface area contributed by atoms with Crippen LogP contribution in [-0.4, -0.2) is 53.7 Å². The number of hydrogen-bond acceptors (Lipinski definition) is 4. The Kier molecular flexibility index (Phi) is 6.80. The van der Waals surface area contributed by atoms with Gasteiger partial charge in [0.2, 0.25) is 5.91 Å². The number of amides is 3. The van der Waals surface area contributed by atoms with Crippen molar-refractivity contribution in [2.75, 3.05) is 19.7 Å². The molecule has 1 aliphatic carbocycles. The van der Waals surface area contributed by atoms with Crippen LogP contribution in [0.25, 0.3) is 0 Å². The largest absolute Gasteiger partial charge is 0.396 e. The van der Waals surface area contributed by atoms with Crippen molar-refractivity contribution >= 4 is 11.9 Å². The van der Waals surface area contributed by atoms with E-state index in [1.807, 2.05) is 13.8 Å². The van der Waals surface area contributed by atoms with E-state index < -0.39 is 6.03 Å². The van der Waals surface area contributed by atoms with Gasteiger partial charge in [-0.25, -0.2) is 4.79 Å². The molecule has 0 heterocycles. The molecule has 6 heteroatoms. The van der Waals surface area contributed by atoms with Gasteiger partial charge in [-0.2, -0.15) is 0 Å². The Bertz CT molecular complexity index is 304. The number of carbonyl (C=O) groups is 2. The van der Waals surface area contributed by atoms with Gasteiger partial charge in [-0.05, 0) is 33.1 Å². The molecule has 1 rings (SSSR count). The lowest BCUT2D eigenvalue weighted by molar-refractivity contribution is -0.122. The molecule has 0 aliphatic heterocycles. The monoisotopic (exact) mass is 271 g/mol. The SMILES string of the molecule is CC(C)NC(=O)NC(=O)CN(CCCO)C1CCC1. The number of nitrogens with one attached hydrogen (secondary N) is 2. The number of rotatable bonds is 7. The number of imide groups is 1. The quantitative estimate of drug-likeness (QED) is 0.628. The highest BCUT2D eigenvalue weighted by Crippen LogP contribution is 2.24. The van der Waals surface area contributed by atoms with E-state index in [1.54, 1.807) is 0 Å². The Hall–Kier alpha value is -1.14. The molecule has 0 aromatic heterocycles. The van der Waals surface area contributed by atoms with Crippen LogP contribution in [0, 0.1) is 0 Å². The third-order valence-electron chi connectivity index (χ3n) is 3.21. The zero-order chi connectivity index (χ0) is 14.3. The summed E-state index contributed by atoms with van der Waals surface area (Å²) in [5.41, 5.74) is 0. The van der Waals surface area contributed by atoms with Crippen molar-refractivity contribution in [2.45, 2.75) is 51.6 Å². The first kappa shape index (κ1) is 15.9. The van der Waals surface area contributed by atoms with Crippen molar-refractivity contribution in [1.82, 2.24) is 15.5 Å². The van der Waals surface area contributed by atoms with Crippen molar-refractivity contribution in [1.29, 1.82) is 0 Å². The predicted molar refractivity (Wildman–Crippen MR) is 72.7 cm³/mol. The van der Waals surface area contributed by atoms with Crippen LogP contribution in [0.5, 0.6) is 0 Å². The highest BCUT2D eigenvalue weighted by molar-refractivity contribution is 5.95. The smallest absolute Gasteiger partial charge is 0.321 e. The minimum Gasteiger partial charge on any atom is -0.396 e. The third kappa shape index (κ3) is 6.02. The number of nitrogens with zero attached hydrogens (tertiary/aromatic N) is 1. The van der Waals surface area contributed by atoms with Gasteiger partial charge >= 0.3 is 6.03 Å². The molecule has 3 amide bonds. The normalized spacial score (nSPS) is 15.4. The fourth-order valence-electron chi connectivity index (χ4n) is 2.07. The van der Waals surface area contributed by atoms with Gasteiger partial charge < -0.3 is 10.4 Å². The Morgan fingerprint density at radius 2 is 2.05 bits per heavy atom. The van der Waals surface area contributed by atoms with Crippen molar-refractivity contribution in [3.05, 3.63) is 0 Å². The Morgan fingerprint density at radius 1 is 1.37 bits per heavy atom. The maximum atomic E-state index is 11.8. The number of carbonyl (C=O) groups excluding carboxylic acids is 2. The van der Waals surface area contributed by atoms with E-state index in [0.717, 1.165) is 12.8 Å². The molecule has 1 aliphatic rings. The summed E-state index contributed by atoms with van der Waals surface area (Å²) in [4.78, 5) is 25.2. The number of aliphatic hydroxyl groups excluding tert-OH is 1. The highest BCUT2D eigenvalue weighted by Gasteiger charge is 2.26. The number of hydrogen-bond donors (Lipinski definition) is 3. The van der Waals surface area contributed by atoms with Gasteiger partial charge in [0.1, 0.15) is 0 Å². The summed E-state index contributed by atoms with van der Waals surface area (Å²) in [6.07, 6.45) is 4.03. The van der Waals surface area contributed by atoms with Gasteiger partial charge in [0.05, 0.1) is 6.54 Å². The zero-order valence-electron chi connectivity index (χ0n) is 11.8. The Balaban J connectivity index is 2.35. The molecule has 0 radical (unpaired) electrons. The van der Waals surface area contributed by atoms with Gasteiger partial charge in [-0.15, -0.1) is 0 Å². The minimum atomic E-state index is -0.448. The van der Waals surface area contributed by atoms with Crippen LogP contribution in [-0.2, 0) is 4.79 Å². The molecular weight excluding hydrogens is 246 g/mol. The first-order valence-corrected chi connectivity index (χ1v) is 6.98. The third-order valence-corrected chi connectivity index (χ3v) is 3.21. The molecule has 0 bridgehead atoms. The average molecular weight is 271 g/mol. The molecule has 1 fully saturated rings.